The van der Waals surface area contributed by atoms with Crippen molar-refractivity contribution in [2.45, 2.75) is 19.4 Å². The van der Waals surface area contributed by atoms with E-state index in [0.717, 1.165) is 24.2 Å². The molecule has 94 valence electrons. The Kier molecular flexibility index (Phi) is 2.91. The number of carbonyl (C=O) groups excluding carboxylic acids is 1. The highest BCUT2D eigenvalue weighted by Crippen LogP contribution is 2.19. The molecule has 0 saturated heterocycles. The molecule has 0 radical (unpaired) electrons. The van der Waals surface area contributed by atoms with Gasteiger partial charge in [0.2, 0.25) is 0 Å². The summed E-state index contributed by atoms with van der Waals surface area (Å²) in [5.74, 6) is -0.0382. The highest BCUT2D eigenvalue weighted by molar-refractivity contribution is 6.72. The number of H-pyrrole nitrogens is 1. The smallest absolute Gasteiger partial charge is 0.257 e. The van der Waals surface area contributed by atoms with E-state index in [1.54, 1.807) is 11.2 Å². The third kappa shape index (κ3) is 1.95. The van der Waals surface area contributed by atoms with Crippen LogP contribution >= 0.6 is 11.6 Å². The average molecular weight is 265 g/mol. The molecule has 2 aliphatic rings. The lowest BCUT2D eigenvalue weighted by Gasteiger charge is -2.27. The Bertz CT molecular complexity index is 546. The molecule has 5 nitrogen and oxygen atoms in total. The highest BCUT2D eigenvalue weighted by Gasteiger charge is 2.26. The van der Waals surface area contributed by atoms with Gasteiger partial charge in [0, 0.05) is 19.5 Å². The van der Waals surface area contributed by atoms with Crippen LogP contribution in [-0.4, -0.2) is 39.0 Å². The van der Waals surface area contributed by atoms with Crippen LogP contribution in [0.3, 0.4) is 0 Å². The summed E-state index contributed by atoms with van der Waals surface area (Å²) in [6, 6.07) is 0. The van der Waals surface area contributed by atoms with E-state index in [4.69, 9.17) is 11.6 Å². The first-order valence-electron chi connectivity index (χ1n) is 5.96. The van der Waals surface area contributed by atoms with Crippen molar-refractivity contribution >= 4 is 22.7 Å². The van der Waals surface area contributed by atoms with Gasteiger partial charge in [0.15, 0.2) is 0 Å². The minimum atomic E-state index is -0.0382. The fraction of sp³-hybridized carbons (Fsp3) is 0.417. The summed E-state index contributed by atoms with van der Waals surface area (Å²) in [6.07, 6.45) is 5.11. The number of nitrogens with one attached hydrogen (secondary N) is 1. The molecule has 0 atom stereocenters. The molecule has 3 heterocycles. The van der Waals surface area contributed by atoms with Crippen molar-refractivity contribution in [3.05, 3.63) is 29.4 Å². The molecule has 1 amide bonds. The molecule has 0 bridgehead atoms. The Hall–Kier alpha value is -1.62. The van der Waals surface area contributed by atoms with Crippen LogP contribution < -0.4 is 0 Å². The minimum absolute atomic E-state index is 0.0382. The molecule has 1 N–H and O–H groups in total. The second-order valence-electron chi connectivity index (χ2n) is 4.38. The Morgan fingerprint density at radius 1 is 1.50 bits per heavy atom. The largest absolute Gasteiger partial charge is 0.347 e. The molecule has 18 heavy (non-hydrogen) atoms. The van der Waals surface area contributed by atoms with Gasteiger partial charge < -0.3 is 9.88 Å². The second-order valence-corrected chi connectivity index (χ2v) is 4.74. The first-order valence-corrected chi connectivity index (χ1v) is 6.34. The van der Waals surface area contributed by atoms with E-state index in [1.807, 2.05) is 6.08 Å². The number of nitrogens with zero attached hydrogens (tertiary/aromatic N) is 3. The van der Waals surface area contributed by atoms with Gasteiger partial charge in [-0.1, -0.05) is 17.7 Å². The number of aliphatic imine (C=N–C) groups is 1. The molecule has 1 aromatic rings. The molecule has 0 unspecified atom stereocenters. The third-order valence-electron chi connectivity index (χ3n) is 3.24. The topological polar surface area (TPSA) is 61.4 Å². The van der Waals surface area contributed by atoms with Crippen molar-refractivity contribution in [3.63, 3.8) is 0 Å². The predicted octanol–water partition coefficient (Wildman–Crippen LogP) is 1.26. The van der Waals surface area contributed by atoms with Crippen molar-refractivity contribution in [2.75, 3.05) is 13.1 Å². The van der Waals surface area contributed by atoms with Crippen LogP contribution in [0.4, 0.5) is 0 Å². The normalized spacial score (nSPS) is 19.1. The predicted molar refractivity (Wildman–Crippen MR) is 68.6 cm³/mol. The molecule has 0 aromatic carbocycles. The van der Waals surface area contributed by atoms with E-state index < -0.39 is 0 Å². The minimum Gasteiger partial charge on any atom is -0.347 e. The van der Waals surface area contributed by atoms with Gasteiger partial charge in [-0.25, -0.2) is 4.98 Å². The summed E-state index contributed by atoms with van der Waals surface area (Å²) in [6.45, 7) is 1.91. The van der Waals surface area contributed by atoms with Crippen molar-refractivity contribution in [3.8, 4) is 0 Å². The number of aromatic amines is 1. The summed E-state index contributed by atoms with van der Waals surface area (Å²) in [5.41, 5.74) is 2.60. The van der Waals surface area contributed by atoms with Gasteiger partial charge in [-0.15, -0.1) is 0 Å². The second kappa shape index (κ2) is 4.57. The molecular weight excluding hydrogens is 252 g/mol. The Labute approximate surface area is 110 Å². The lowest BCUT2D eigenvalue weighted by Crippen LogP contribution is -2.38. The maximum absolute atomic E-state index is 12.4. The van der Waals surface area contributed by atoms with Crippen LogP contribution in [0.25, 0.3) is 0 Å². The van der Waals surface area contributed by atoms with Gasteiger partial charge in [-0.05, 0) is 6.42 Å². The van der Waals surface area contributed by atoms with E-state index in [0.29, 0.717) is 30.4 Å². The number of amides is 1. The van der Waals surface area contributed by atoms with Gasteiger partial charge in [0.1, 0.15) is 5.17 Å². The average Bonchev–Trinajstić information content (AvgIpc) is 2.85. The van der Waals surface area contributed by atoms with Gasteiger partial charge in [0.25, 0.3) is 5.91 Å². The summed E-state index contributed by atoms with van der Waals surface area (Å²) in [7, 11) is 0. The third-order valence-corrected chi connectivity index (χ3v) is 3.57. The monoisotopic (exact) mass is 264 g/mol. The molecule has 0 spiro atoms. The molecule has 2 aliphatic heterocycles. The SMILES string of the molecule is O=C(C1=CCCN=C1Cl)N1CCc2nc[nH]c2C1. The van der Waals surface area contributed by atoms with Gasteiger partial charge in [0.05, 0.1) is 29.8 Å². The first kappa shape index (κ1) is 11.5. The number of carbonyl (C=O) groups is 1. The first-order chi connectivity index (χ1) is 8.75. The fourth-order valence-corrected chi connectivity index (χ4v) is 2.52. The molecule has 0 saturated carbocycles. The zero-order chi connectivity index (χ0) is 12.5. The van der Waals surface area contributed by atoms with Crippen molar-refractivity contribution in [1.29, 1.82) is 0 Å². The van der Waals surface area contributed by atoms with E-state index >= 15 is 0 Å². The van der Waals surface area contributed by atoms with Crippen LogP contribution in [0.5, 0.6) is 0 Å². The molecule has 0 fully saturated rings. The number of hydrogen-bond acceptors (Lipinski definition) is 3. The molecule has 0 aliphatic carbocycles. The lowest BCUT2D eigenvalue weighted by molar-refractivity contribution is -0.127. The molecular formula is C12H13ClN4O. The van der Waals surface area contributed by atoms with Gasteiger partial charge in [-0.3, -0.25) is 9.79 Å². The van der Waals surface area contributed by atoms with E-state index in [2.05, 4.69) is 15.0 Å². The number of rotatable bonds is 1. The Morgan fingerprint density at radius 2 is 2.39 bits per heavy atom. The number of hydrogen-bond donors (Lipinski definition) is 1. The maximum atomic E-state index is 12.4. The van der Waals surface area contributed by atoms with Crippen LogP contribution in [-0.2, 0) is 17.8 Å². The fourth-order valence-electron chi connectivity index (χ4n) is 2.27. The zero-order valence-electron chi connectivity index (χ0n) is 9.82. The summed E-state index contributed by atoms with van der Waals surface area (Å²) in [4.78, 5) is 25.5. The number of fused-ring (bicyclic) bond motifs is 1. The molecule has 6 heteroatoms. The van der Waals surface area contributed by atoms with Crippen LogP contribution in [0.15, 0.2) is 23.0 Å². The zero-order valence-corrected chi connectivity index (χ0v) is 10.6. The van der Waals surface area contributed by atoms with E-state index in [1.165, 1.54) is 0 Å². The number of aromatic nitrogens is 2. The van der Waals surface area contributed by atoms with E-state index in [9.17, 15) is 4.79 Å². The summed E-state index contributed by atoms with van der Waals surface area (Å²) < 4.78 is 0. The number of halogens is 1. The highest BCUT2D eigenvalue weighted by atomic mass is 35.5. The van der Waals surface area contributed by atoms with Crippen molar-refractivity contribution in [1.82, 2.24) is 14.9 Å². The van der Waals surface area contributed by atoms with Crippen LogP contribution in [0.1, 0.15) is 17.8 Å². The van der Waals surface area contributed by atoms with Gasteiger partial charge >= 0.3 is 0 Å². The van der Waals surface area contributed by atoms with Crippen molar-refractivity contribution in [2.24, 2.45) is 4.99 Å². The summed E-state index contributed by atoms with van der Waals surface area (Å²) >= 11 is 5.99. The maximum Gasteiger partial charge on any atom is 0.257 e. The number of imidazole rings is 1. The number of dihydropyridines is 1. The van der Waals surface area contributed by atoms with Crippen LogP contribution in [0, 0.1) is 0 Å². The Morgan fingerprint density at radius 3 is 3.22 bits per heavy atom. The van der Waals surface area contributed by atoms with E-state index in [-0.39, 0.29) is 5.91 Å². The van der Waals surface area contributed by atoms with Gasteiger partial charge in [-0.2, -0.15) is 0 Å². The molecule has 1 aromatic heterocycles. The Balaban J connectivity index is 1.79. The quantitative estimate of drug-likeness (QED) is 0.830. The molecule has 3 rings (SSSR count). The lowest BCUT2D eigenvalue weighted by atomic mass is 10.1. The standard InChI is InChI=1S/C12H13ClN4O/c13-11-8(2-1-4-14-11)12(18)17-5-3-9-10(6-17)16-7-15-9/h2,7H,1,3-6H2,(H,15,16). The van der Waals surface area contributed by atoms with Crippen LogP contribution in [0.2, 0.25) is 0 Å². The van der Waals surface area contributed by atoms with Crippen molar-refractivity contribution < 1.29 is 4.79 Å². The summed E-state index contributed by atoms with van der Waals surface area (Å²) in [5, 5.41) is 0.335.